The first-order chi connectivity index (χ1) is 33.0. The smallest absolute Gasteiger partial charge is 0.268 e. The number of nitrogens with zero attached hydrogens (tertiary/aromatic N) is 1. The highest BCUT2D eigenvalue weighted by atomic mass is 31.2. The van der Waals surface area contributed by atoms with Gasteiger partial charge in [0, 0.05) is 6.42 Å². The van der Waals surface area contributed by atoms with Gasteiger partial charge in [-0.1, -0.05) is 269 Å². The largest absolute Gasteiger partial charge is 0.756 e. The van der Waals surface area contributed by atoms with Gasteiger partial charge >= 0.3 is 0 Å². The van der Waals surface area contributed by atoms with Gasteiger partial charge in [0.05, 0.1) is 39.9 Å². The maximum absolute atomic E-state index is 13.0. The van der Waals surface area contributed by atoms with E-state index in [-0.39, 0.29) is 19.1 Å². The van der Waals surface area contributed by atoms with Gasteiger partial charge in [-0.2, -0.15) is 0 Å². The van der Waals surface area contributed by atoms with Gasteiger partial charge in [-0.05, 0) is 44.9 Å². The predicted molar refractivity (Wildman–Crippen MR) is 293 cm³/mol. The summed E-state index contributed by atoms with van der Waals surface area (Å²) in [4.78, 5) is 25.5. The van der Waals surface area contributed by atoms with Crippen molar-refractivity contribution in [2.24, 2.45) is 0 Å². The highest BCUT2D eigenvalue weighted by Gasteiger charge is 2.24. The van der Waals surface area contributed by atoms with E-state index in [0.29, 0.717) is 23.9 Å². The highest BCUT2D eigenvalue weighted by Crippen LogP contribution is 2.38. The summed E-state index contributed by atoms with van der Waals surface area (Å²) < 4.78 is 23.4. The Hall–Kier alpha value is -1.02. The van der Waals surface area contributed by atoms with Crippen molar-refractivity contribution in [2.75, 3.05) is 40.9 Å². The molecule has 0 saturated carbocycles. The molecule has 9 heteroatoms. The van der Waals surface area contributed by atoms with E-state index in [1.165, 1.54) is 225 Å². The first-order valence-corrected chi connectivity index (χ1v) is 31.1. The summed E-state index contributed by atoms with van der Waals surface area (Å²) in [5, 5.41) is 14.0. The minimum atomic E-state index is -4.57. The zero-order valence-electron chi connectivity index (χ0n) is 46.1. The van der Waals surface area contributed by atoms with Gasteiger partial charge in [0.25, 0.3) is 7.82 Å². The number of allylic oxidation sites excluding steroid dienone is 4. The first kappa shape index (κ1) is 67.0. The summed E-state index contributed by atoms with van der Waals surface area (Å²) in [6.45, 7) is 4.75. The number of carbonyl (C=O) groups is 1. The van der Waals surface area contributed by atoms with E-state index in [0.717, 1.165) is 44.9 Å². The number of likely N-dealkylation sites (N-methyl/N-ethyl adjacent to an activating group) is 1. The van der Waals surface area contributed by atoms with Crippen LogP contribution in [0.1, 0.15) is 296 Å². The molecule has 0 aromatic rings. The lowest BCUT2D eigenvalue weighted by Crippen LogP contribution is -2.46. The summed E-state index contributed by atoms with van der Waals surface area (Å²) in [7, 11) is 1.32. The van der Waals surface area contributed by atoms with Gasteiger partial charge in [0.15, 0.2) is 0 Å². The van der Waals surface area contributed by atoms with Gasteiger partial charge in [-0.3, -0.25) is 9.36 Å². The Morgan fingerprint density at radius 2 is 0.853 bits per heavy atom. The molecule has 0 fully saturated rings. The maximum atomic E-state index is 13.0. The summed E-state index contributed by atoms with van der Waals surface area (Å²) in [5.41, 5.74) is 0. The van der Waals surface area contributed by atoms with Crippen molar-refractivity contribution in [3.8, 4) is 0 Å². The van der Waals surface area contributed by atoms with Crippen LogP contribution >= 0.6 is 7.82 Å². The minimum absolute atomic E-state index is 0.0146. The number of aliphatic hydroxyl groups is 1. The molecule has 404 valence electrons. The Bertz CT molecular complexity index is 1160. The average Bonchev–Trinajstić information content (AvgIpc) is 3.30. The van der Waals surface area contributed by atoms with Crippen LogP contribution in [0.5, 0.6) is 0 Å². The number of carbonyl (C=O) groups excluding carboxylic acids is 1. The van der Waals surface area contributed by atoms with Crippen molar-refractivity contribution >= 4 is 13.7 Å². The number of nitrogens with one attached hydrogen (secondary N) is 1. The molecule has 0 aliphatic heterocycles. The van der Waals surface area contributed by atoms with E-state index in [2.05, 4.69) is 43.5 Å². The second-order valence-electron chi connectivity index (χ2n) is 21.7. The molecule has 1 amide bonds. The number of hydrogen-bond donors (Lipinski definition) is 2. The Labute approximate surface area is 424 Å². The number of amides is 1. The maximum Gasteiger partial charge on any atom is 0.268 e. The van der Waals surface area contributed by atoms with Gasteiger partial charge in [0.1, 0.15) is 13.2 Å². The Morgan fingerprint density at radius 1 is 0.515 bits per heavy atom. The van der Waals surface area contributed by atoms with E-state index < -0.39 is 20.0 Å². The van der Waals surface area contributed by atoms with Gasteiger partial charge in [-0.15, -0.1) is 0 Å². The van der Waals surface area contributed by atoms with E-state index in [1.807, 2.05) is 21.1 Å². The molecule has 8 nitrogen and oxygen atoms in total. The number of phosphoric ester groups is 1. The minimum Gasteiger partial charge on any atom is -0.756 e. The molecule has 0 saturated heterocycles. The molecule has 68 heavy (non-hydrogen) atoms. The standard InChI is InChI=1S/C59H117N2O6P/c1-6-8-10-12-14-16-18-20-22-23-24-25-26-27-28-29-30-31-32-33-34-35-36-37-39-41-43-45-47-49-51-53-59(63)60-57(56-67-68(64,65)66-55-54-61(3,4)5)58(62)52-50-48-46-44-42-40-38-21-19-17-15-13-11-9-7-2/h18,20,23-24,57-58,62H,6-17,19,21-22,25-56H2,1-5H3,(H-,60,63,64,65)/b20-18-,24-23-. The summed E-state index contributed by atoms with van der Waals surface area (Å²) in [6.07, 6.45) is 63.6. The number of rotatable bonds is 55. The van der Waals surface area contributed by atoms with Crippen LogP contribution in [0.4, 0.5) is 0 Å². The lowest BCUT2D eigenvalue weighted by molar-refractivity contribution is -0.870. The van der Waals surface area contributed by atoms with Crippen LogP contribution in [0.25, 0.3) is 0 Å². The second-order valence-corrected chi connectivity index (χ2v) is 23.1. The molecule has 0 bridgehead atoms. The first-order valence-electron chi connectivity index (χ1n) is 29.7. The molecule has 0 spiro atoms. The molecule has 3 atom stereocenters. The number of aliphatic hydroxyl groups excluding tert-OH is 1. The quantitative estimate of drug-likeness (QED) is 0.0272. The number of hydrogen-bond acceptors (Lipinski definition) is 6. The van der Waals surface area contributed by atoms with Crippen LogP contribution < -0.4 is 10.2 Å². The predicted octanol–water partition coefficient (Wildman–Crippen LogP) is 17.4. The molecule has 0 radical (unpaired) electrons. The topological polar surface area (TPSA) is 108 Å². The van der Waals surface area contributed by atoms with Gasteiger partial charge < -0.3 is 28.8 Å². The van der Waals surface area contributed by atoms with Crippen LogP contribution in [0, 0.1) is 0 Å². The Kier molecular flexibility index (Phi) is 50.1. The third-order valence-electron chi connectivity index (χ3n) is 13.7. The molecule has 0 aliphatic carbocycles. The van der Waals surface area contributed by atoms with Crippen molar-refractivity contribution in [1.29, 1.82) is 0 Å². The number of quaternary nitrogens is 1. The van der Waals surface area contributed by atoms with Crippen molar-refractivity contribution in [2.45, 2.75) is 309 Å². The van der Waals surface area contributed by atoms with Crippen molar-refractivity contribution < 1.29 is 32.9 Å². The van der Waals surface area contributed by atoms with E-state index in [4.69, 9.17) is 9.05 Å². The summed E-state index contributed by atoms with van der Waals surface area (Å²) >= 11 is 0. The van der Waals surface area contributed by atoms with E-state index in [1.54, 1.807) is 0 Å². The van der Waals surface area contributed by atoms with Crippen LogP contribution in [-0.2, 0) is 18.4 Å². The van der Waals surface area contributed by atoms with Crippen molar-refractivity contribution in [1.82, 2.24) is 5.32 Å². The van der Waals surface area contributed by atoms with Crippen LogP contribution in [0.2, 0.25) is 0 Å². The molecular formula is C59H117N2O6P. The SMILES string of the molecule is CCCCCCC/C=C\C/C=C\CCCCCCCCCCCCCCCCCCCCCC(=O)NC(COP(=O)([O-])OCC[N+](C)(C)C)C(O)CCCCCCCCCCCCCCCCC. The highest BCUT2D eigenvalue weighted by molar-refractivity contribution is 7.45. The summed E-state index contributed by atoms with van der Waals surface area (Å²) in [5.74, 6) is -0.160. The normalized spacial score (nSPS) is 14.0. The fraction of sp³-hybridized carbons (Fsp3) is 0.915. The lowest BCUT2D eigenvalue weighted by atomic mass is 10.0. The van der Waals surface area contributed by atoms with Crippen LogP contribution in [-0.4, -0.2) is 68.5 Å². The zero-order valence-corrected chi connectivity index (χ0v) is 47.0. The van der Waals surface area contributed by atoms with Crippen molar-refractivity contribution in [3.05, 3.63) is 24.3 Å². The van der Waals surface area contributed by atoms with Gasteiger partial charge in [-0.25, -0.2) is 0 Å². The van der Waals surface area contributed by atoms with Crippen molar-refractivity contribution in [3.63, 3.8) is 0 Å². The molecule has 0 aliphatic rings. The monoisotopic (exact) mass is 981 g/mol. The number of phosphoric acid groups is 1. The third-order valence-corrected chi connectivity index (χ3v) is 14.7. The fourth-order valence-corrected chi connectivity index (χ4v) is 9.74. The van der Waals surface area contributed by atoms with E-state index in [9.17, 15) is 19.4 Å². The Balaban J connectivity index is 4.01. The average molecular weight is 982 g/mol. The van der Waals surface area contributed by atoms with Gasteiger partial charge in [0.2, 0.25) is 5.91 Å². The molecule has 3 unspecified atom stereocenters. The molecule has 0 aromatic carbocycles. The fourth-order valence-electron chi connectivity index (χ4n) is 9.01. The van der Waals surface area contributed by atoms with Crippen LogP contribution in [0.15, 0.2) is 24.3 Å². The lowest BCUT2D eigenvalue weighted by Gasteiger charge is -2.30. The third kappa shape index (κ3) is 52.8. The van der Waals surface area contributed by atoms with E-state index >= 15 is 0 Å². The molecular weight excluding hydrogens is 864 g/mol. The summed E-state index contributed by atoms with van der Waals surface area (Å²) in [6, 6.07) is -0.797. The Morgan fingerprint density at radius 3 is 1.22 bits per heavy atom. The number of unbranched alkanes of at least 4 members (excludes halogenated alkanes) is 38. The van der Waals surface area contributed by atoms with Crippen LogP contribution in [0.3, 0.4) is 0 Å². The molecule has 0 aromatic heterocycles. The molecule has 0 heterocycles. The molecule has 0 rings (SSSR count). The zero-order chi connectivity index (χ0) is 49.9. The second kappa shape index (κ2) is 50.9. The molecule has 2 N–H and O–H groups in total.